The Bertz CT molecular complexity index is 766. The van der Waals surface area contributed by atoms with Gasteiger partial charge >= 0.3 is 0 Å². The number of rotatable bonds is 6. The lowest BCUT2D eigenvalue weighted by atomic mass is 9.97. The molecule has 1 aliphatic carbocycles. The first-order valence-corrected chi connectivity index (χ1v) is 8.89. The molecule has 2 heterocycles. The summed E-state index contributed by atoms with van der Waals surface area (Å²) >= 11 is 1.63. The first kappa shape index (κ1) is 16.1. The Balaban J connectivity index is 1.76. The highest BCUT2D eigenvalue weighted by molar-refractivity contribution is 7.18. The predicted octanol–water partition coefficient (Wildman–Crippen LogP) is 1.23. The van der Waals surface area contributed by atoms with E-state index in [-0.39, 0.29) is 24.5 Å². The molecule has 0 unspecified atom stereocenters. The van der Waals surface area contributed by atoms with E-state index in [1.165, 1.54) is 21.4 Å². The van der Waals surface area contributed by atoms with Crippen molar-refractivity contribution < 1.29 is 9.90 Å². The third-order valence-electron chi connectivity index (χ3n) is 4.18. The second kappa shape index (κ2) is 7.23. The first-order valence-electron chi connectivity index (χ1n) is 8.08. The van der Waals surface area contributed by atoms with Gasteiger partial charge in [-0.3, -0.25) is 14.2 Å². The van der Waals surface area contributed by atoms with Crippen LogP contribution in [-0.4, -0.2) is 33.7 Å². The fourth-order valence-corrected chi connectivity index (χ4v) is 4.18. The van der Waals surface area contributed by atoms with Crippen molar-refractivity contribution in [2.24, 2.45) is 0 Å². The van der Waals surface area contributed by atoms with Crippen LogP contribution in [0.4, 0.5) is 0 Å². The Labute approximate surface area is 138 Å². The summed E-state index contributed by atoms with van der Waals surface area (Å²) in [5, 5.41) is 12.2. The van der Waals surface area contributed by atoms with Crippen molar-refractivity contribution in [3.8, 4) is 0 Å². The number of aromatic nitrogens is 2. The van der Waals surface area contributed by atoms with Crippen LogP contribution in [0.5, 0.6) is 0 Å². The number of nitrogens with one attached hydrogen (secondary N) is 1. The van der Waals surface area contributed by atoms with E-state index in [1.807, 2.05) is 0 Å². The second-order valence-corrected chi connectivity index (χ2v) is 6.89. The van der Waals surface area contributed by atoms with Crippen LogP contribution in [0.15, 0.2) is 11.1 Å². The third-order valence-corrected chi connectivity index (χ3v) is 5.38. The van der Waals surface area contributed by atoms with Crippen molar-refractivity contribution in [1.29, 1.82) is 0 Å². The summed E-state index contributed by atoms with van der Waals surface area (Å²) in [5.74, 6) is -0.113. The Morgan fingerprint density at radius 2 is 2.22 bits per heavy atom. The molecular formula is C16H21N3O3S. The van der Waals surface area contributed by atoms with E-state index in [9.17, 15) is 9.59 Å². The van der Waals surface area contributed by atoms with Crippen molar-refractivity contribution in [2.75, 3.05) is 13.2 Å². The van der Waals surface area contributed by atoms with Crippen LogP contribution in [0.3, 0.4) is 0 Å². The molecule has 0 radical (unpaired) electrons. The van der Waals surface area contributed by atoms with Gasteiger partial charge in [0.1, 0.15) is 4.83 Å². The maximum absolute atomic E-state index is 12.7. The largest absolute Gasteiger partial charge is 0.396 e. The summed E-state index contributed by atoms with van der Waals surface area (Å²) < 4.78 is 1.54. The van der Waals surface area contributed by atoms with Crippen LogP contribution in [0, 0.1) is 0 Å². The number of carbonyl (C=O) groups is 1. The quantitative estimate of drug-likeness (QED) is 0.778. The molecule has 0 saturated heterocycles. The van der Waals surface area contributed by atoms with Gasteiger partial charge in [0.05, 0.1) is 11.7 Å². The van der Waals surface area contributed by atoms with E-state index in [0.717, 1.165) is 29.5 Å². The zero-order chi connectivity index (χ0) is 16.2. The van der Waals surface area contributed by atoms with E-state index in [0.29, 0.717) is 19.5 Å². The fraction of sp³-hybridized carbons (Fsp3) is 0.562. The zero-order valence-corrected chi connectivity index (χ0v) is 13.8. The average Bonchev–Trinajstić information content (AvgIpc) is 2.93. The van der Waals surface area contributed by atoms with Gasteiger partial charge in [0.2, 0.25) is 5.91 Å². The molecule has 0 fully saturated rings. The number of carbonyl (C=O) groups excluding carboxylic acids is 1. The van der Waals surface area contributed by atoms with Gasteiger partial charge in [-0.1, -0.05) is 0 Å². The van der Waals surface area contributed by atoms with Gasteiger partial charge < -0.3 is 10.4 Å². The second-order valence-electron chi connectivity index (χ2n) is 5.81. The minimum absolute atomic E-state index is 0.0300. The molecule has 0 spiro atoms. The van der Waals surface area contributed by atoms with Crippen molar-refractivity contribution >= 4 is 27.5 Å². The molecule has 3 rings (SSSR count). The van der Waals surface area contributed by atoms with Crippen LogP contribution < -0.4 is 10.9 Å². The number of nitrogens with zero attached hydrogens (tertiary/aromatic N) is 2. The molecule has 0 aliphatic heterocycles. The van der Waals surface area contributed by atoms with E-state index >= 15 is 0 Å². The molecule has 2 N–H and O–H groups in total. The molecule has 7 heteroatoms. The highest BCUT2D eigenvalue weighted by atomic mass is 32.1. The first-order chi connectivity index (χ1) is 11.2. The lowest BCUT2D eigenvalue weighted by Gasteiger charge is -2.10. The van der Waals surface area contributed by atoms with E-state index < -0.39 is 0 Å². The minimum Gasteiger partial charge on any atom is -0.396 e. The average molecular weight is 335 g/mol. The predicted molar refractivity (Wildman–Crippen MR) is 89.9 cm³/mol. The van der Waals surface area contributed by atoms with Crippen LogP contribution in [0.25, 0.3) is 10.2 Å². The number of fused-ring (bicyclic) bond motifs is 3. The lowest BCUT2D eigenvalue weighted by Crippen LogP contribution is -2.28. The Hall–Kier alpha value is -1.73. The number of aliphatic hydroxyl groups is 1. The van der Waals surface area contributed by atoms with Gasteiger partial charge in [0.25, 0.3) is 5.56 Å². The molecule has 1 aliphatic rings. The third kappa shape index (κ3) is 3.45. The minimum atomic E-state index is -0.113. The molecule has 0 aromatic carbocycles. The van der Waals surface area contributed by atoms with Gasteiger partial charge in [-0.2, -0.15) is 0 Å². The molecule has 0 atom stereocenters. The summed E-state index contributed by atoms with van der Waals surface area (Å²) in [6.07, 6.45) is 6.64. The van der Waals surface area contributed by atoms with Gasteiger partial charge in [-0.15, -0.1) is 11.3 Å². The highest BCUT2D eigenvalue weighted by Crippen LogP contribution is 2.33. The van der Waals surface area contributed by atoms with E-state index in [4.69, 9.17) is 5.11 Å². The SMILES string of the molecule is O=C(CCn1cnc2sc3c(c2c1=O)CCCC3)NCCCO. The number of hydrogen-bond acceptors (Lipinski definition) is 5. The zero-order valence-electron chi connectivity index (χ0n) is 13.0. The summed E-state index contributed by atoms with van der Waals surface area (Å²) in [6, 6.07) is 0. The molecule has 0 saturated carbocycles. The van der Waals surface area contributed by atoms with Crippen LogP contribution in [0.2, 0.25) is 0 Å². The summed E-state index contributed by atoms with van der Waals surface area (Å²) in [4.78, 5) is 31.0. The van der Waals surface area contributed by atoms with Crippen molar-refractivity contribution in [2.45, 2.75) is 45.1 Å². The highest BCUT2D eigenvalue weighted by Gasteiger charge is 2.19. The molecule has 2 aromatic rings. The van der Waals surface area contributed by atoms with Crippen molar-refractivity contribution in [3.63, 3.8) is 0 Å². The van der Waals surface area contributed by atoms with Gasteiger partial charge in [0.15, 0.2) is 0 Å². The normalized spacial score (nSPS) is 14.0. The van der Waals surface area contributed by atoms with E-state index in [1.54, 1.807) is 17.7 Å². The molecule has 0 bridgehead atoms. The topological polar surface area (TPSA) is 84.2 Å². The standard InChI is InChI=1S/C16H21N3O3S/c20-9-3-7-17-13(21)6-8-19-10-18-15-14(16(19)22)11-4-1-2-5-12(11)23-15/h10,20H,1-9H2,(H,17,21). The monoisotopic (exact) mass is 335 g/mol. The van der Waals surface area contributed by atoms with Crippen LogP contribution in [-0.2, 0) is 24.2 Å². The molecule has 1 amide bonds. The van der Waals surface area contributed by atoms with Gasteiger partial charge in [-0.25, -0.2) is 4.98 Å². The molecule has 124 valence electrons. The van der Waals surface area contributed by atoms with Gasteiger partial charge in [-0.05, 0) is 37.7 Å². The maximum Gasteiger partial charge on any atom is 0.262 e. The Kier molecular flexibility index (Phi) is 5.07. The Morgan fingerprint density at radius 1 is 1.39 bits per heavy atom. The maximum atomic E-state index is 12.7. The summed E-state index contributed by atoms with van der Waals surface area (Å²) in [6.45, 7) is 0.848. The van der Waals surface area contributed by atoms with Crippen LogP contribution in [0.1, 0.15) is 36.1 Å². The van der Waals surface area contributed by atoms with Gasteiger partial charge in [0, 0.05) is 31.0 Å². The number of aliphatic hydroxyl groups excluding tert-OH is 1. The summed E-state index contributed by atoms with van der Waals surface area (Å²) in [7, 11) is 0. The molecular weight excluding hydrogens is 314 g/mol. The smallest absolute Gasteiger partial charge is 0.262 e. The van der Waals surface area contributed by atoms with Crippen molar-refractivity contribution in [3.05, 3.63) is 27.1 Å². The number of aryl methyl sites for hydroxylation is 3. The molecule has 23 heavy (non-hydrogen) atoms. The summed E-state index contributed by atoms with van der Waals surface area (Å²) in [5.41, 5.74) is 1.15. The lowest BCUT2D eigenvalue weighted by molar-refractivity contribution is -0.121. The molecule has 6 nitrogen and oxygen atoms in total. The number of hydrogen-bond donors (Lipinski definition) is 2. The van der Waals surface area contributed by atoms with Crippen molar-refractivity contribution in [1.82, 2.24) is 14.9 Å². The number of amides is 1. The Morgan fingerprint density at radius 3 is 3.04 bits per heavy atom. The molecule has 2 aromatic heterocycles. The van der Waals surface area contributed by atoms with Crippen LogP contribution >= 0.6 is 11.3 Å². The van der Waals surface area contributed by atoms with E-state index in [2.05, 4.69) is 10.3 Å². The number of thiophene rings is 1. The fourth-order valence-electron chi connectivity index (χ4n) is 2.96.